The number of carbonyl (C=O) groups is 1. The average molecular weight is 260 g/mol. The first-order chi connectivity index (χ1) is 9.24. The van der Waals surface area contributed by atoms with Crippen molar-refractivity contribution >= 4 is 11.6 Å². The molecule has 2 aliphatic rings. The zero-order chi connectivity index (χ0) is 13.2. The molecule has 2 fully saturated rings. The number of nitrogen functional groups attached to an aromatic ring is 1. The zero-order valence-corrected chi connectivity index (χ0v) is 11.0. The molecular formula is C15H20N2O2. The predicted molar refractivity (Wildman–Crippen MR) is 73.8 cm³/mol. The first-order valence-electron chi connectivity index (χ1n) is 7.01. The van der Waals surface area contributed by atoms with Gasteiger partial charge in [0, 0.05) is 12.6 Å². The Balaban J connectivity index is 1.55. The molecule has 0 bridgehead atoms. The monoisotopic (exact) mass is 260 g/mol. The Morgan fingerprint density at radius 3 is 2.63 bits per heavy atom. The van der Waals surface area contributed by atoms with Gasteiger partial charge in [0.15, 0.2) is 6.61 Å². The molecule has 0 heterocycles. The minimum absolute atomic E-state index is 0.0947. The van der Waals surface area contributed by atoms with E-state index in [-0.39, 0.29) is 12.5 Å². The molecule has 0 aromatic heterocycles. The van der Waals surface area contributed by atoms with Crippen molar-refractivity contribution in [3.63, 3.8) is 0 Å². The highest BCUT2D eigenvalue weighted by Crippen LogP contribution is 2.35. The molecule has 0 unspecified atom stereocenters. The van der Waals surface area contributed by atoms with Crippen molar-refractivity contribution in [3.8, 4) is 5.75 Å². The van der Waals surface area contributed by atoms with Crippen molar-refractivity contribution in [2.24, 2.45) is 5.92 Å². The topological polar surface area (TPSA) is 55.6 Å². The molecule has 4 nitrogen and oxygen atoms in total. The lowest BCUT2D eigenvalue weighted by Gasteiger charge is -2.22. The van der Waals surface area contributed by atoms with Gasteiger partial charge in [-0.15, -0.1) is 0 Å². The summed E-state index contributed by atoms with van der Waals surface area (Å²) in [6.45, 7) is 1.01. The number of hydrogen-bond donors (Lipinski definition) is 1. The number of carbonyl (C=O) groups excluding carboxylic acids is 1. The molecule has 102 valence electrons. The van der Waals surface area contributed by atoms with Gasteiger partial charge < -0.3 is 15.4 Å². The number of rotatable bonds is 6. The Labute approximate surface area is 113 Å². The fourth-order valence-electron chi connectivity index (χ4n) is 2.25. The normalized spacial score (nSPS) is 18.1. The lowest BCUT2D eigenvalue weighted by Crippen LogP contribution is -2.38. The Bertz CT molecular complexity index is 467. The Kier molecular flexibility index (Phi) is 3.32. The highest BCUT2D eigenvalue weighted by atomic mass is 16.5. The molecule has 0 radical (unpaired) electrons. The smallest absolute Gasteiger partial charge is 0.260 e. The van der Waals surface area contributed by atoms with Gasteiger partial charge in [0.1, 0.15) is 5.75 Å². The largest absolute Gasteiger partial charge is 0.482 e. The zero-order valence-electron chi connectivity index (χ0n) is 11.0. The number of ether oxygens (including phenoxy) is 1. The van der Waals surface area contributed by atoms with E-state index in [0.29, 0.717) is 17.5 Å². The number of nitrogens with two attached hydrogens (primary N) is 1. The summed E-state index contributed by atoms with van der Waals surface area (Å²) < 4.78 is 5.54. The van der Waals surface area contributed by atoms with Crippen LogP contribution in [0.5, 0.6) is 5.75 Å². The van der Waals surface area contributed by atoms with Crippen LogP contribution in [0.15, 0.2) is 24.3 Å². The van der Waals surface area contributed by atoms with Crippen molar-refractivity contribution in [1.29, 1.82) is 0 Å². The molecule has 1 aromatic rings. The van der Waals surface area contributed by atoms with Crippen LogP contribution in [-0.2, 0) is 4.79 Å². The van der Waals surface area contributed by atoms with Gasteiger partial charge in [-0.2, -0.15) is 0 Å². The molecule has 19 heavy (non-hydrogen) atoms. The number of benzene rings is 1. The van der Waals surface area contributed by atoms with Crippen LogP contribution in [0.4, 0.5) is 5.69 Å². The first-order valence-corrected chi connectivity index (χ1v) is 7.01. The van der Waals surface area contributed by atoms with Gasteiger partial charge in [-0.05, 0) is 43.7 Å². The molecule has 1 aromatic carbocycles. The van der Waals surface area contributed by atoms with E-state index in [1.165, 1.54) is 12.8 Å². The second-order valence-corrected chi connectivity index (χ2v) is 5.55. The van der Waals surface area contributed by atoms with E-state index in [4.69, 9.17) is 10.5 Å². The molecule has 2 aliphatic carbocycles. The molecule has 4 heteroatoms. The summed E-state index contributed by atoms with van der Waals surface area (Å²) in [5, 5.41) is 0. The van der Waals surface area contributed by atoms with Crippen LogP contribution in [-0.4, -0.2) is 30.0 Å². The van der Waals surface area contributed by atoms with Crippen molar-refractivity contribution in [3.05, 3.63) is 24.3 Å². The molecule has 0 aliphatic heterocycles. The summed E-state index contributed by atoms with van der Waals surface area (Å²) >= 11 is 0. The maximum atomic E-state index is 12.2. The Morgan fingerprint density at radius 2 is 2.00 bits per heavy atom. The molecule has 2 saturated carbocycles. The molecular weight excluding hydrogens is 240 g/mol. The quantitative estimate of drug-likeness (QED) is 0.796. The minimum atomic E-state index is 0.0947. The highest BCUT2D eigenvalue weighted by Gasteiger charge is 2.36. The van der Waals surface area contributed by atoms with E-state index < -0.39 is 0 Å². The SMILES string of the molecule is Nc1ccccc1OCC(=O)N(CC1CC1)C1CC1. The van der Waals surface area contributed by atoms with Gasteiger partial charge in [-0.25, -0.2) is 0 Å². The van der Waals surface area contributed by atoms with Gasteiger partial charge in [-0.3, -0.25) is 4.79 Å². The van der Waals surface area contributed by atoms with Crippen LogP contribution in [0.1, 0.15) is 25.7 Å². The van der Waals surface area contributed by atoms with Crippen LogP contribution < -0.4 is 10.5 Å². The summed E-state index contributed by atoms with van der Waals surface area (Å²) in [6, 6.07) is 7.75. The van der Waals surface area contributed by atoms with Crippen molar-refractivity contribution < 1.29 is 9.53 Å². The van der Waals surface area contributed by atoms with Gasteiger partial charge in [0.2, 0.25) is 0 Å². The molecule has 0 spiro atoms. The third-order valence-electron chi connectivity index (χ3n) is 3.73. The standard InChI is InChI=1S/C15H20N2O2/c16-13-3-1-2-4-14(13)19-10-15(18)17(12-7-8-12)9-11-5-6-11/h1-4,11-12H,5-10,16H2. The van der Waals surface area contributed by atoms with E-state index in [0.717, 1.165) is 25.3 Å². The number of para-hydroxylation sites is 2. The van der Waals surface area contributed by atoms with Gasteiger partial charge in [0.25, 0.3) is 5.91 Å². The molecule has 0 saturated heterocycles. The number of anilines is 1. The second kappa shape index (κ2) is 5.11. The summed E-state index contributed by atoms with van der Waals surface area (Å²) in [6.07, 6.45) is 4.82. The van der Waals surface area contributed by atoms with Gasteiger partial charge >= 0.3 is 0 Å². The van der Waals surface area contributed by atoms with Crippen LogP contribution in [0.3, 0.4) is 0 Å². The van der Waals surface area contributed by atoms with E-state index in [1.807, 2.05) is 17.0 Å². The summed E-state index contributed by atoms with van der Waals surface area (Å²) in [5.74, 6) is 1.42. The molecule has 2 N–H and O–H groups in total. The van der Waals surface area contributed by atoms with Gasteiger partial charge in [0.05, 0.1) is 5.69 Å². The maximum absolute atomic E-state index is 12.2. The summed E-state index contributed by atoms with van der Waals surface area (Å²) in [7, 11) is 0. The lowest BCUT2D eigenvalue weighted by molar-refractivity contribution is -0.134. The van der Waals surface area contributed by atoms with Crippen LogP contribution >= 0.6 is 0 Å². The predicted octanol–water partition coefficient (Wildman–Crippen LogP) is 2.05. The first kappa shape index (κ1) is 12.3. The van der Waals surface area contributed by atoms with Crippen molar-refractivity contribution in [2.75, 3.05) is 18.9 Å². The Hall–Kier alpha value is -1.71. The van der Waals surface area contributed by atoms with Crippen molar-refractivity contribution in [2.45, 2.75) is 31.7 Å². The van der Waals surface area contributed by atoms with E-state index in [1.54, 1.807) is 12.1 Å². The molecule has 1 amide bonds. The van der Waals surface area contributed by atoms with E-state index in [2.05, 4.69) is 0 Å². The lowest BCUT2D eigenvalue weighted by atomic mass is 10.3. The van der Waals surface area contributed by atoms with Crippen molar-refractivity contribution in [1.82, 2.24) is 4.90 Å². The van der Waals surface area contributed by atoms with Gasteiger partial charge in [-0.1, -0.05) is 12.1 Å². The Morgan fingerprint density at radius 1 is 1.26 bits per heavy atom. The fourth-order valence-corrected chi connectivity index (χ4v) is 2.25. The highest BCUT2D eigenvalue weighted by molar-refractivity contribution is 5.78. The number of amides is 1. The number of hydrogen-bond acceptors (Lipinski definition) is 3. The van der Waals surface area contributed by atoms with Crippen LogP contribution in [0.2, 0.25) is 0 Å². The molecule has 3 rings (SSSR count). The summed E-state index contributed by atoms with van der Waals surface area (Å²) in [5.41, 5.74) is 6.37. The number of nitrogens with zero attached hydrogens (tertiary/aromatic N) is 1. The minimum Gasteiger partial charge on any atom is -0.482 e. The third kappa shape index (κ3) is 3.19. The van der Waals surface area contributed by atoms with E-state index in [9.17, 15) is 4.79 Å². The van der Waals surface area contributed by atoms with E-state index >= 15 is 0 Å². The third-order valence-corrected chi connectivity index (χ3v) is 3.73. The molecule has 0 atom stereocenters. The fraction of sp³-hybridized carbons (Fsp3) is 0.533. The van der Waals surface area contributed by atoms with Crippen LogP contribution in [0, 0.1) is 5.92 Å². The van der Waals surface area contributed by atoms with Crippen LogP contribution in [0.25, 0.3) is 0 Å². The average Bonchev–Trinajstić information content (AvgIpc) is 3.27. The summed E-state index contributed by atoms with van der Waals surface area (Å²) in [4.78, 5) is 14.2. The maximum Gasteiger partial charge on any atom is 0.260 e. The second-order valence-electron chi connectivity index (χ2n) is 5.55.